The lowest BCUT2D eigenvalue weighted by molar-refractivity contribution is -0.118. The van der Waals surface area contributed by atoms with Crippen LogP contribution in [-0.2, 0) is 24.3 Å². The Bertz CT molecular complexity index is 738. The fourth-order valence-corrected chi connectivity index (χ4v) is 4.31. The summed E-state index contributed by atoms with van der Waals surface area (Å²) in [6.07, 6.45) is 9.41. The van der Waals surface area contributed by atoms with E-state index in [4.69, 9.17) is 0 Å². The third-order valence-corrected chi connectivity index (χ3v) is 5.93. The highest BCUT2D eigenvalue weighted by atomic mass is 32.2. The molecule has 0 saturated heterocycles. The summed E-state index contributed by atoms with van der Waals surface area (Å²) in [5.41, 5.74) is 1.10. The zero-order valence-electron chi connectivity index (χ0n) is 15.8. The predicted octanol–water partition coefficient (Wildman–Crippen LogP) is 4.00. The van der Waals surface area contributed by atoms with Crippen molar-refractivity contribution in [3.63, 3.8) is 0 Å². The first-order chi connectivity index (χ1) is 13.3. The van der Waals surface area contributed by atoms with Gasteiger partial charge in [0.05, 0.1) is 5.75 Å². The quantitative estimate of drug-likeness (QED) is 0.524. The molecule has 0 bridgehead atoms. The van der Waals surface area contributed by atoms with Crippen LogP contribution in [0.25, 0.3) is 0 Å². The summed E-state index contributed by atoms with van der Waals surface area (Å²) in [7, 11) is 0. The molecule has 1 N–H and O–H groups in total. The molecule has 144 valence electrons. The van der Waals surface area contributed by atoms with Crippen LogP contribution in [0.5, 0.6) is 0 Å². The molecule has 0 radical (unpaired) electrons. The second-order valence-corrected chi connectivity index (χ2v) is 8.00. The van der Waals surface area contributed by atoms with E-state index in [0.29, 0.717) is 24.8 Å². The van der Waals surface area contributed by atoms with Crippen LogP contribution in [0.4, 0.5) is 0 Å². The van der Waals surface area contributed by atoms with Crippen LogP contribution in [0.2, 0.25) is 0 Å². The highest BCUT2D eigenvalue weighted by Gasteiger charge is 2.19. The molecule has 0 atom stereocenters. The van der Waals surface area contributed by atoms with E-state index in [1.165, 1.54) is 43.9 Å². The van der Waals surface area contributed by atoms with Crippen molar-refractivity contribution < 1.29 is 4.79 Å². The third kappa shape index (κ3) is 5.96. The summed E-state index contributed by atoms with van der Waals surface area (Å²) >= 11 is 1.44. The molecule has 1 saturated carbocycles. The lowest BCUT2D eigenvalue weighted by Gasteiger charge is -2.21. The Hall–Kier alpha value is -2.08. The molecule has 5 nitrogen and oxygen atoms in total. The first kappa shape index (κ1) is 19.7. The standard InChI is InChI=1S/C21H28N4OS/c1-2-13-25-19(14-17-9-5-3-6-10-17)23-24-21(25)27-16-20(26)22-15-18-11-7-4-8-12-18/h2,4,7-8,11-12,17H,1,3,5-6,9-10,13-16H2,(H,22,26). The van der Waals surface area contributed by atoms with Gasteiger partial charge in [-0.15, -0.1) is 16.8 Å². The first-order valence-electron chi connectivity index (χ1n) is 9.72. The van der Waals surface area contributed by atoms with Crippen molar-refractivity contribution in [2.24, 2.45) is 5.92 Å². The molecule has 0 unspecified atom stereocenters. The maximum Gasteiger partial charge on any atom is 0.230 e. The van der Waals surface area contributed by atoms with Crippen LogP contribution >= 0.6 is 11.8 Å². The van der Waals surface area contributed by atoms with Crippen LogP contribution in [0.1, 0.15) is 43.5 Å². The average Bonchev–Trinajstić information content (AvgIpc) is 3.08. The summed E-state index contributed by atoms with van der Waals surface area (Å²) in [6.45, 7) is 5.09. The Labute approximate surface area is 165 Å². The largest absolute Gasteiger partial charge is 0.351 e. The van der Waals surface area contributed by atoms with Crippen LogP contribution in [-0.4, -0.2) is 26.4 Å². The summed E-state index contributed by atoms with van der Waals surface area (Å²) in [5, 5.41) is 12.5. The minimum absolute atomic E-state index is 0.00540. The SMILES string of the molecule is C=CCn1c(CC2CCCCC2)nnc1SCC(=O)NCc1ccccc1. The average molecular weight is 385 g/mol. The first-order valence-corrected chi connectivity index (χ1v) is 10.7. The molecule has 2 aromatic rings. The van der Waals surface area contributed by atoms with Gasteiger partial charge in [-0.25, -0.2) is 0 Å². The Morgan fingerprint density at radius 1 is 1.22 bits per heavy atom. The van der Waals surface area contributed by atoms with Gasteiger partial charge in [0.1, 0.15) is 5.82 Å². The number of hydrogen-bond donors (Lipinski definition) is 1. The van der Waals surface area contributed by atoms with Crippen LogP contribution in [0.3, 0.4) is 0 Å². The molecule has 0 aliphatic heterocycles. The number of aromatic nitrogens is 3. The topological polar surface area (TPSA) is 59.8 Å². The molecular weight excluding hydrogens is 356 g/mol. The highest BCUT2D eigenvalue weighted by molar-refractivity contribution is 7.99. The van der Waals surface area contributed by atoms with Gasteiger partial charge in [0.25, 0.3) is 0 Å². The Balaban J connectivity index is 1.54. The van der Waals surface area contributed by atoms with E-state index in [-0.39, 0.29) is 5.91 Å². The predicted molar refractivity (Wildman–Crippen MR) is 110 cm³/mol. The molecule has 1 fully saturated rings. The minimum Gasteiger partial charge on any atom is -0.351 e. The molecule has 1 aliphatic rings. The maximum absolute atomic E-state index is 12.2. The van der Waals surface area contributed by atoms with Crippen molar-refractivity contribution >= 4 is 17.7 Å². The van der Waals surface area contributed by atoms with E-state index in [1.807, 2.05) is 36.4 Å². The number of nitrogens with one attached hydrogen (secondary N) is 1. The number of thioether (sulfide) groups is 1. The second-order valence-electron chi connectivity index (χ2n) is 7.06. The van der Waals surface area contributed by atoms with Gasteiger partial charge in [-0.1, -0.05) is 80.3 Å². The lowest BCUT2D eigenvalue weighted by Crippen LogP contribution is -2.24. The molecule has 1 heterocycles. The third-order valence-electron chi connectivity index (χ3n) is 4.97. The van der Waals surface area contributed by atoms with Crippen LogP contribution in [0, 0.1) is 5.92 Å². The van der Waals surface area contributed by atoms with Gasteiger partial charge in [-0.2, -0.15) is 0 Å². The molecule has 3 rings (SSSR count). The van der Waals surface area contributed by atoms with Crippen molar-refractivity contribution in [1.29, 1.82) is 0 Å². The molecule has 6 heteroatoms. The fourth-order valence-electron chi connectivity index (χ4n) is 3.52. The summed E-state index contributed by atoms with van der Waals surface area (Å²) < 4.78 is 2.11. The van der Waals surface area contributed by atoms with Crippen molar-refractivity contribution in [2.75, 3.05) is 5.75 Å². The Kier molecular flexibility index (Phi) is 7.51. The van der Waals surface area contributed by atoms with Crippen LogP contribution in [0.15, 0.2) is 48.1 Å². The number of hydrogen-bond acceptors (Lipinski definition) is 4. The van der Waals surface area contributed by atoms with Gasteiger partial charge >= 0.3 is 0 Å². The van der Waals surface area contributed by atoms with E-state index >= 15 is 0 Å². The van der Waals surface area contributed by atoms with Crippen molar-refractivity contribution in [3.05, 3.63) is 54.4 Å². The summed E-state index contributed by atoms with van der Waals surface area (Å²) in [5.74, 6) is 2.07. The summed E-state index contributed by atoms with van der Waals surface area (Å²) in [4.78, 5) is 12.2. The number of benzene rings is 1. The normalized spacial score (nSPS) is 14.8. The molecule has 1 aromatic heterocycles. The lowest BCUT2D eigenvalue weighted by atomic mass is 9.87. The summed E-state index contributed by atoms with van der Waals surface area (Å²) in [6, 6.07) is 9.93. The van der Waals surface area contributed by atoms with Gasteiger partial charge < -0.3 is 9.88 Å². The van der Waals surface area contributed by atoms with Gasteiger partial charge in [0, 0.05) is 19.5 Å². The number of carbonyl (C=O) groups excluding carboxylic acids is 1. The van der Waals surface area contributed by atoms with Crippen molar-refractivity contribution in [2.45, 2.75) is 56.8 Å². The van der Waals surface area contributed by atoms with Crippen molar-refractivity contribution in [3.8, 4) is 0 Å². The monoisotopic (exact) mass is 384 g/mol. The van der Waals surface area contributed by atoms with Gasteiger partial charge in [0.15, 0.2) is 5.16 Å². The second kappa shape index (κ2) is 10.3. The molecule has 1 amide bonds. The molecule has 27 heavy (non-hydrogen) atoms. The number of nitrogens with zero attached hydrogens (tertiary/aromatic N) is 3. The van der Waals surface area contributed by atoms with E-state index in [2.05, 4.69) is 26.7 Å². The van der Waals surface area contributed by atoms with E-state index in [0.717, 1.165) is 23.0 Å². The zero-order chi connectivity index (χ0) is 18.9. The number of rotatable bonds is 9. The number of carbonyl (C=O) groups is 1. The molecule has 1 aromatic carbocycles. The van der Waals surface area contributed by atoms with Crippen molar-refractivity contribution in [1.82, 2.24) is 20.1 Å². The molecule has 0 spiro atoms. The van der Waals surface area contributed by atoms with E-state index < -0.39 is 0 Å². The maximum atomic E-state index is 12.2. The van der Waals surface area contributed by atoms with Crippen LogP contribution < -0.4 is 5.32 Å². The highest BCUT2D eigenvalue weighted by Crippen LogP contribution is 2.27. The van der Waals surface area contributed by atoms with E-state index in [1.54, 1.807) is 0 Å². The molecule has 1 aliphatic carbocycles. The van der Waals surface area contributed by atoms with Gasteiger partial charge in [0.2, 0.25) is 5.91 Å². The smallest absolute Gasteiger partial charge is 0.230 e. The minimum atomic E-state index is 0.00540. The Morgan fingerprint density at radius 3 is 2.74 bits per heavy atom. The Morgan fingerprint density at radius 2 is 2.00 bits per heavy atom. The zero-order valence-corrected chi connectivity index (χ0v) is 16.6. The van der Waals surface area contributed by atoms with Gasteiger partial charge in [-0.3, -0.25) is 4.79 Å². The number of amides is 1. The van der Waals surface area contributed by atoms with Gasteiger partial charge in [-0.05, 0) is 11.5 Å². The number of allylic oxidation sites excluding steroid dienone is 1. The fraction of sp³-hybridized carbons (Fsp3) is 0.476. The van der Waals surface area contributed by atoms with E-state index in [9.17, 15) is 4.79 Å². The molecular formula is C21H28N4OS.